The van der Waals surface area contributed by atoms with Gasteiger partial charge in [0.25, 0.3) is 0 Å². The molecule has 0 aliphatic carbocycles. The van der Waals surface area contributed by atoms with Gasteiger partial charge in [-0.05, 0) is 41.0 Å². The van der Waals surface area contributed by atoms with Gasteiger partial charge in [0.2, 0.25) is 0 Å². The molecule has 7 aromatic carbocycles. The summed E-state index contributed by atoms with van der Waals surface area (Å²) >= 11 is 1.80. The van der Waals surface area contributed by atoms with Gasteiger partial charge < -0.3 is 4.42 Å². The van der Waals surface area contributed by atoms with Crippen LogP contribution in [0.3, 0.4) is 0 Å². The van der Waals surface area contributed by atoms with Crippen LogP contribution in [0.4, 0.5) is 0 Å². The number of hydrogen-bond donors (Lipinski definition) is 0. The second kappa shape index (κ2) is 13.0. The largest absolute Gasteiger partial charge is 0.456 e. The standard InChI is InChI=1S/C45H22B5N3OS/c46-37-34(38(47)40(49)41(50)39(37)48)24-12-6-13-25(22-24)44-51-43(23-10-2-1-3-11-23)52-45(53-44)30-18-9-20-32-36(30)35-27(15-8-19-31(35)54-32)29-17-7-16-28-26-14-4-5-21-33(26)55-42(28)29/h1-22H. The number of fused-ring (bicyclic) bond motifs is 6. The first-order valence-corrected chi connectivity index (χ1v) is 18.5. The summed E-state index contributed by atoms with van der Waals surface area (Å²) in [7, 11) is 31.6. The average molecular weight is 707 g/mol. The molecule has 3 aromatic heterocycles. The molecule has 10 radical (unpaired) electrons. The first-order valence-electron chi connectivity index (χ1n) is 17.6. The highest BCUT2D eigenvalue weighted by Crippen LogP contribution is 2.45. The third-order valence-electron chi connectivity index (χ3n) is 10.2. The van der Waals surface area contributed by atoms with E-state index in [-0.39, 0.29) is 27.3 Å². The van der Waals surface area contributed by atoms with E-state index in [4.69, 9.17) is 58.6 Å². The molecular weight excluding hydrogens is 685 g/mol. The van der Waals surface area contributed by atoms with E-state index in [9.17, 15) is 0 Å². The SMILES string of the molecule is [B]c1c([B])c([B])c(-c2cccc(-c3nc(-c4ccccc4)nc(-c4cccc5oc6cccc(-c7cccc8c7sc7ccccc78)c6c45)n3)c2)c([B])c1[B]. The fraction of sp³-hybridized carbons (Fsp3) is 0. The number of aromatic nitrogens is 3. The van der Waals surface area contributed by atoms with Crippen molar-refractivity contribution < 1.29 is 4.42 Å². The zero-order valence-electron chi connectivity index (χ0n) is 29.2. The second-order valence-electron chi connectivity index (χ2n) is 13.4. The van der Waals surface area contributed by atoms with Crippen molar-refractivity contribution in [3.63, 3.8) is 0 Å². The molecule has 55 heavy (non-hydrogen) atoms. The summed E-state index contributed by atoms with van der Waals surface area (Å²) < 4.78 is 9.05. The summed E-state index contributed by atoms with van der Waals surface area (Å²) in [5.74, 6) is 1.47. The number of nitrogens with zero attached hydrogens (tertiary/aromatic N) is 3. The quantitative estimate of drug-likeness (QED) is 0.194. The lowest BCUT2D eigenvalue weighted by molar-refractivity contribution is 0.669. The predicted molar refractivity (Wildman–Crippen MR) is 234 cm³/mol. The third-order valence-corrected chi connectivity index (χ3v) is 11.5. The molecule has 0 aliphatic heterocycles. The molecule has 0 bridgehead atoms. The van der Waals surface area contributed by atoms with Crippen LogP contribution >= 0.6 is 11.3 Å². The van der Waals surface area contributed by atoms with Gasteiger partial charge in [-0.2, -0.15) is 0 Å². The molecule has 10 heteroatoms. The lowest BCUT2D eigenvalue weighted by Crippen LogP contribution is -2.55. The predicted octanol–water partition coefficient (Wildman–Crippen LogP) is 6.44. The van der Waals surface area contributed by atoms with Crippen LogP contribution in [-0.4, -0.2) is 54.2 Å². The molecule has 0 amide bonds. The van der Waals surface area contributed by atoms with Crippen molar-refractivity contribution in [2.45, 2.75) is 0 Å². The van der Waals surface area contributed by atoms with Crippen molar-refractivity contribution >= 4 is 120 Å². The highest BCUT2D eigenvalue weighted by atomic mass is 32.1. The minimum absolute atomic E-state index is 0.161. The molecule has 244 valence electrons. The van der Waals surface area contributed by atoms with Crippen LogP contribution in [-0.2, 0) is 0 Å². The van der Waals surface area contributed by atoms with Gasteiger partial charge in [-0.25, -0.2) is 15.0 Å². The maximum Gasteiger partial charge on any atom is 0.164 e. The monoisotopic (exact) mass is 707 g/mol. The fourth-order valence-corrected chi connectivity index (χ4v) is 8.78. The molecule has 0 unspecified atom stereocenters. The summed E-state index contributed by atoms with van der Waals surface area (Å²) in [6.45, 7) is 0. The lowest BCUT2D eigenvalue weighted by Gasteiger charge is -2.21. The van der Waals surface area contributed by atoms with Crippen molar-refractivity contribution in [2.75, 3.05) is 0 Å². The Balaban J connectivity index is 1.21. The molecule has 0 spiro atoms. The molecule has 0 aliphatic rings. The topological polar surface area (TPSA) is 51.8 Å². The van der Waals surface area contributed by atoms with E-state index in [1.165, 1.54) is 20.2 Å². The van der Waals surface area contributed by atoms with Gasteiger partial charge in [0.05, 0.1) is 0 Å². The Morgan fingerprint density at radius 1 is 0.418 bits per heavy atom. The maximum absolute atomic E-state index is 6.57. The Labute approximate surface area is 327 Å². The van der Waals surface area contributed by atoms with E-state index in [0.29, 0.717) is 34.2 Å². The lowest BCUT2D eigenvalue weighted by atomic mass is 9.59. The highest BCUT2D eigenvalue weighted by Gasteiger charge is 2.22. The minimum atomic E-state index is 0.161. The Kier molecular flexibility index (Phi) is 7.93. The van der Waals surface area contributed by atoms with Gasteiger partial charge in [-0.1, -0.05) is 120 Å². The number of hydrogen-bond acceptors (Lipinski definition) is 5. The minimum Gasteiger partial charge on any atom is -0.456 e. The average Bonchev–Trinajstić information content (AvgIpc) is 3.81. The van der Waals surface area contributed by atoms with Crippen molar-refractivity contribution in [3.05, 3.63) is 133 Å². The maximum atomic E-state index is 6.57. The number of rotatable bonds is 5. The van der Waals surface area contributed by atoms with E-state index in [0.717, 1.165) is 44.2 Å². The summed E-state index contributed by atoms with van der Waals surface area (Å²) in [6.07, 6.45) is 0. The molecule has 10 aromatic rings. The molecular formula is C45H22B5N3OS. The van der Waals surface area contributed by atoms with E-state index in [1.54, 1.807) is 11.3 Å². The number of thiophene rings is 1. The van der Waals surface area contributed by atoms with Gasteiger partial charge in [0.15, 0.2) is 17.5 Å². The van der Waals surface area contributed by atoms with Gasteiger partial charge in [-0.15, -0.1) is 27.7 Å². The van der Waals surface area contributed by atoms with Gasteiger partial charge in [0.1, 0.15) is 50.4 Å². The third kappa shape index (κ3) is 5.38. The molecule has 0 saturated heterocycles. The molecule has 0 saturated carbocycles. The highest BCUT2D eigenvalue weighted by molar-refractivity contribution is 7.26. The van der Waals surface area contributed by atoms with Crippen LogP contribution in [0.25, 0.3) is 98.5 Å². The van der Waals surface area contributed by atoms with Gasteiger partial charge in [-0.3, -0.25) is 0 Å². The van der Waals surface area contributed by atoms with Gasteiger partial charge >= 0.3 is 0 Å². The molecule has 0 atom stereocenters. The molecule has 0 fully saturated rings. The summed E-state index contributed by atoms with van der Waals surface area (Å²) in [5, 5.41) is 4.39. The van der Waals surface area contributed by atoms with Crippen LogP contribution in [0.2, 0.25) is 0 Å². The number of benzene rings is 7. The van der Waals surface area contributed by atoms with Crippen LogP contribution < -0.4 is 27.3 Å². The summed E-state index contributed by atoms with van der Waals surface area (Å²) in [5.41, 5.74) is 8.33. The first kappa shape index (κ1) is 33.5. The Morgan fingerprint density at radius 2 is 0.945 bits per heavy atom. The normalized spacial score (nSPS) is 11.6. The Hall–Kier alpha value is -6.11. The van der Waals surface area contributed by atoms with E-state index in [1.807, 2.05) is 78.9 Å². The Morgan fingerprint density at radius 3 is 1.71 bits per heavy atom. The van der Waals surface area contributed by atoms with E-state index >= 15 is 0 Å². The van der Waals surface area contributed by atoms with Crippen LogP contribution in [0.5, 0.6) is 0 Å². The fourth-order valence-electron chi connectivity index (χ4n) is 7.55. The summed E-state index contributed by atoms with van der Waals surface area (Å²) in [6, 6.07) is 44.8. The smallest absolute Gasteiger partial charge is 0.164 e. The molecule has 4 nitrogen and oxygen atoms in total. The molecule has 10 rings (SSSR count). The van der Waals surface area contributed by atoms with Crippen LogP contribution in [0.15, 0.2) is 138 Å². The zero-order valence-corrected chi connectivity index (χ0v) is 30.1. The van der Waals surface area contributed by atoms with E-state index < -0.39 is 0 Å². The second-order valence-corrected chi connectivity index (χ2v) is 14.5. The van der Waals surface area contributed by atoms with Gasteiger partial charge in [0, 0.05) is 53.2 Å². The van der Waals surface area contributed by atoms with Crippen LogP contribution in [0, 0.1) is 0 Å². The van der Waals surface area contributed by atoms with E-state index in [2.05, 4.69) is 54.6 Å². The number of furan rings is 1. The van der Waals surface area contributed by atoms with Crippen molar-refractivity contribution in [2.24, 2.45) is 0 Å². The van der Waals surface area contributed by atoms with Crippen molar-refractivity contribution in [3.8, 4) is 56.4 Å². The van der Waals surface area contributed by atoms with Crippen LogP contribution in [0.1, 0.15) is 0 Å². The van der Waals surface area contributed by atoms with Crippen molar-refractivity contribution in [1.29, 1.82) is 0 Å². The summed E-state index contributed by atoms with van der Waals surface area (Å²) in [4.78, 5) is 15.3. The molecule has 3 heterocycles. The van der Waals surface area contributed by atoms with Crippen molar-refractivity contribution in [1.82, 2.24) is 15.0 Å². The zero-order chi connectivity index (χ0) is 37.4. The first-order chi connectivity index (χ1) is 26.9. The Bertz CT molecular complexity index is 3150. The molecule has 0 N–H and O–H groups in total.